The van der Waals surface area contributed by atoms with Crippen LogP contribution in [0.5, 0.6) is 0 Å². The Bertz CT molecular complexity index is 609. The Morgan fingerprint density at radius 1 is 1.25 bits per heavy atom. The molecule has 0 saturated carbocycles. The van der Waals surface area contributed by atoms with Gasteiger partial charge in [0, 0.05) is 0 Å². The van der Waals surface area contributed by atoms with Crippen LogP contribution in [0, 0.1) is 10.6 Å². The number of rotatable bonds is 1. The van der Waals surface area contributed by atoms with Crippen molar-refractivity contribution in [2.75, 3.05) is 0 Å². The van der Waals surface area contributed by atoms with E-state index in [4.69, 9.17) is 35.4 Å². The fourth-order valence-corrected chi connectivity index (χ4v) is 1.93. The minimum absolute atomic E-state index is 0.142. The largest absolute Gasteiger partial charge is 0.347 e. The van der Waals surface area contributed by atoms with E-state index >= 15 is 0 Å². The van der Waals surface area contributed by atoms with Crippen molar-refractivity contribution in [2.45, 2.75) is 0 Å². The molecule has 0 aliphatic rings. The lowest BCUT2D eigenvalue weighted by atomic mass is 10.3. The van der Waals surface area contributed by atoms with E-state index in [2.05, 4.69) is 10.2 Å². The SMILES string of the molecule is O=c1[nH][nH]c(=S)n1-c1cc(Cl)c(F)c(Cl)c1. The highest BCUT2D eigenvalue weighted by Crippen LogP contribution is 2.25. The summed E-state index contributed by atoms with van der Waals surface area (Å²) in [6.07, 6.45) is 0. The van der Waals surface area contributed by atoms with Crippen LogP contribution in [0.25, 0.3) is 5.69 Å². The molecule has 2 rings (SSSR count). The van der Waals surface area contributed by atoms with Crippen molar-refractivity contribution in [1.82, 2.24) is 14.8 Å². The van der Waals surface area contributed by atoms with Gasteiger partial charge in [-0.05, 0) is 24.4 Å². The van der Waals surface area contributed by atoms with Crippen LogP contribution in [0.3, 0.4) is 0 Å². The molecular weight excluding hydrogens is 276 g/mol. The van der Waals surface area contributed by atoms with E-state index in [1.165, 1.54) is 12.1 Å². The minimum Gasteiger partial charge on any atom is -0.272 e. The van der Waals surface area contributed by atoms with E-state index in [0.29, 0.717) is 5.69 Å². The number of nitrogens with one attached hydrogen (secondary N) is 2. The third kappa shape index (κ3) is 1.79. The van der Waals surface area contributed by atoms with Gasteiger partial charge in [-0.3, -0.25) is 5.10 Å². The molecule has 0 fully saturated rings. The molecule has 1 heterocycles. The topological polar surface area (TPSA) is 53.6 Å². The van der Waals surface area contributed by atoms with E-state index in [-0.39, 0.29) is 14.8 Å². The Morgan fingerprint density at radius 3 is 2.25 bits per heavy atom. The lowest BCUT2D eigenvalue weighted by Crippen LogP contribution is -2.15. The molecule has 0 bridgehead atoms. The average Bonchev–Trinajstić information content (AvgIpc) is 2.54. The summed E-state index contributed by atoms with van der Waals surface area (Å²) in [6.45, 7) is 0. The van der Waals surface area contributed by atoms with Gasteiger partial charge in [0.05, 0.1) is 15.7 Å². The summed E-state index contributed by atoms with van der Waals surface area (Å²) >= 11 is 16.1. The Labute approximate surface area is 104 Å². The maximum Gasteiger partial charge on any atom is 0.347 e. The summed E-state index contributed by atoms with van der Waals surface area (Å²) in [6, 6.07) is 2.53. The molecule has 16 heavy (non-hydrogen) atoms. The highest BCUT2D eigenvalue weighted by atomic mass is 35.5. The van der Waals surface area contributed by atoms with E-state index < -0.39 is 11.5 Å². The standard InChI is InChI=1S/C8H4Cl2FN3OS/c9-4-1-3(2-5(10)6(4)11)14-7(15)12-13-8(14)16/h1-2H,(H,12,15)(H,13,16). The van der Waals surface area contributed by atoms with Crippen LogP contribution in [0.1, 0.15) is 0 Å². The van der Waals surface area contributed by atoms with Gasteiger partial charge in [0.15, 0.2) is 5.82 Å². The molecule has 0 radical (unpaired) electrons. The van der Waals surface area contributed by atoms with Crippen LogP contribution in [-0.2, 0) is 0 Å². The average molecular weight is 280 g/mol. The van der Waals surface area contributed by atoms with E-state index in [9.17, 15) is 9.18 Å². The first-order chi connectivity index (χ1) is 7.50. The van der Waals surface area contributed by atoms with Gasteiger partial charge in [0.2, 0.25) is 4.77 Å². The van der Waals surface area contributed by atoms with Crippen molar-refractivity contribution in [3.8, 4) is 5.69 Å². The van der Waals surface area contributed by atoms with E-state index in [1.807, 2.05) is 0 Å². The van der Waals surface area contributed by atoms with Crippen molar-refractivity contribution in [3.63, 3.8) is 0 Å². The molecular formula is C8H4Cl2FN3OS. The second-order valence-electron chi connectivity index (χ2n) is 2.92. The second-order valence-corrected chi connectivity index (χ2v) is 4.12. The van der Waals surface area contributed by atoms with Gasteiger partial charge >= 0.3 is 5.69 Å². The molecule has 2 N–H and O–H groups in total. The Hall–Kier alpha value is -1.11. The smallest absolute Gasteiger partial charge is 0.272 e. The fourth-order valence-electron chi connectivity index (χ4n) is 1.22. The van der Waals surface area contributed by atoms with Crippen LogP contribution >= 0.6 is 35.4 Å². The molecule has 0 aliphatic heterocycles. The molecule has 0 atom stereocenters. The van der Waals surface area contributed by atoms with Crippen LogP contribution < -0.4 is 5.69 Å². The Morgan fingerprint density at radius 2 is 1.81 bits per heavy atom. The first-order valence-corrected chi connectivity index (χ1v) is 5.21. The first kappa shape index (κ1) is 11.4. The number of halogens is 3. The van der Waals surface area contributed by atoms with Gasteiger partial charge in [0.25, 0.3) is 0 Å². The number of H-pyrrole nitrogens is 2. The third-order valence-electron chi connectivity index (χ3n) is 1.91. The Balaban J connectivity index is 2.76. The summed E-state index contributed by atoms with van der Waals surface area (Å²) in [5.41, 5.74) is -0.187. The van der Waals surface area contributed by atoms with Gasteiger partial charge in [-0.2, -0.15) is 0 Å². The zero-order valence-corrected chi connectivity index (χ0v) is 9.88. The molecule has 0 spiro atoms. The van der Waals surface area contributed by atoms with Crippen LogP contribution in [-0.4, -0.2) is 14.8 Å². The fraction of sp³-hybridized carbons (Fsp3) is 0. The number of nitrogens with zero attached hydrogens (tertiary/aromatic N) is 1. The van der Waals surface area contributed by atoms with Crippen molar-refractivity contribution in [2.24, 2.45) is 0 Å². The number of hydrogen-bond acceptors (Lipinski definition) is 2. The summed E-state index contributed by atoms with van der Waals surface area (Å²) < 4.78 is 14.4. The molecule has 8 heteroatoms. The molecule has 0 unspecified atom stereocenters. The van der Waals surface area contributed by atoms with Gasteiger partial charge in [0.1, 0.15) is 0 Å². The highest BCUT2D eigenvalue weighted by Gasteiger charge is 2.11. The molecule has 4 nitrogen and oxygen atoms in total. The maximum absolute atomic E-state index is 13.2. The molecule has 1 aromatic carbocycles. The van der Waals surface area contributed by atoms with Gasteiger partial charge in [-0.15, -0.1) is 0 Å². The Kier molecular flexibility index (Phi) is 2.88. The lowest BCUT2D eigenvalue weighted by Gasteiger charge is -2.03. The highest BCUT2D eigenvalue weighted by molar-refractivity contribution is 7.71. The van der Waals surface area contributed by atoms with Gasteiger partial charge < -0.3 is 0 Å². The number of aromatic amines is 2. The number of hydrogen-bond donors (Lipinski definition) is 2. The normalized spacial score (nSPS) is 10.7. The minimum atomic E-state index is -0.731. The number of aromatic nitrogens is 3. The zero-order valence-electron chi connectivity index (χ0n) is 7.55. The summed E-state index contributed by atoms with van der Waals surface area (Å²) in [5.74, 6) is -0.731. The van der Waals surface area contributed by atoms with Crippen molar-refractivity contribution in [1.29, 1.82) is 0 Å². The molecule has 84 valence electrons. The quantitative estimate of drug-likeness (QED) is 0.623. The van der Waals surface area contributed by atoms with Crippen molar-refractivity contribution >= 4 is 35.4 Å². The van der Waals surface area contributed by atoms with Crippen LogP contribution in [0.4, 0.5) is 4.39 Å². The second kappa shape index (κ2) is 4.04. The zero-order chi connectivity index (χ0) is 11.9. The molecule has 0 aliphatic carbocycles. The third-order valence-corrected chi connectivity index (χ3v) is 2.74. The van der Waals surface area contributed by atoms with Gasteiger partial charge in [-0.1, -0.05) is 23.2 Å². The van der Waals surface area contributed by atoms with Crippen LogP contribution in [0.2, 0.25) is 10.0 Å². The predicted molar refractivity (Wildman–Crippen MR) is 61.6 cm³/mol. The molecule has 2 aromatic rings. The van der Waals surface area contributed by atoms with Crippen molar-refractivity contribution in [3.05, 3.63) is 43.3 Å². The molecule has 0 saturated heterocycles. The lowest BCUT2D eigenvalue weighted by molar-refractivity contribution is 0.628. The monoisotopic (exact) mass is 279 g/mol. The summed E-state index contributed by atoms with van der Waals surface area (Å²) in [4.78, 5) is 11.4. The van der Waals surface area contributed by atoms with E-state index in [0.717, 1.165) is 4.57 Å². The first-order valence-electron chi connectivity index (χ1n) is 4.05. The summed E-state index contributed by atoms with van der Waals surface area (Å²) in [5, 5.41) is 4.38. The van der Waals surface area contributed by atoms with E-state index in [1.54, 1.807) is 0 Å². The molecule has 1 aromatic heterocycles. The van der Waals surface area contributed by atoms with Crippen LogP contribution in [0.15, 0.2) is 16.9 Å². The predicted octanol–water partition coefficient (Wildman–Crippen LogP) is 2.67. The van der Waals surface area contributed by atoms with Crippen molar-refractivity contribution < 1.29 is 4.39 Å². The number of benzene rings is 1. The van der Waals surface area contributed by atoms with Gasteiger partial charge in [-0.25, -0.2) is 18.9 Å². The maximum atomic E-state index is 13.2. The summed E-state index contributed by atoms with van der Waals surface area (Å²) in [7, 11) is 0. The molecule has 0 amide bonds.